The van der Waals surface area contributed by atoms with Gasteiger partial charge in [0.25, 0.3) is 0 Å². The summed E-state index contributed by atoms with van der Waals surface area (Å²) in [5.41, 5.74) is 2.71. The molecule has 15 heavy (non-hydrogen) atoms. The summed E-state index contributed by atoms with van der Waals surface area (Å²) >= 11 is 0. The van der Waals surface area contributed by atoms with Gasteiger partial charge < -0.3 is 5.32 Å². The molecule has 1 aromatic carbocycles. The summed E-state index contributed by atoms with van der Waals surface area (Å²) in [5, 5.41) is 3.57. The van der Waals surface area contributed by atoms with Crippen LogP contribution in [-0.2, 0) is 0 Å². The highest BCUT2D eigenvalue weighted by Gasteiger charge is 2.05. The topological polar surface area (TPSA) is 12.0 Å². The van der Waals surface area contributed by atoms with Crippen LogP contribution >= 0.6 is 0 Å². The lowest BCUT2D eigenvalue weighted by Gasteiger charge is -2.17. The Labute approximate surface area is 93.9 Å². The van der Waals surface area contributed by atoms with Crippen LogP contribution in [-0.4, -0.2) is 6.54 Å². The maximum atomic E-state index is 3.57. The first-order chi connectivity index (χ1) is 7.13. The average Bonchev–Trinajstić information content (AvgIpc) is 2.26. The molecule has 0 bridgehead atoms. The summed E-state index contributed by atoms with van der Waals surface area (Å²) in [6.07, 6.45) is 1.24. The summed E-state index contributed by atoms with van der Waals surface area (Å²) in [7, 11) is 0. The number of hydrogen-bond acceptors (Lipinski definition) is 1. The fourth-order valence-electron chi connectivity index (χ4n) is 1.50. The van der Waals surface area contributed by atoms with Gasteiger partial charge in [0.2, 0.25) is 0 Å². The average molecular weight is 205 g/mol. The molecule has 0 aliphatic heterocycles. The van der Waals surface area contributed by atoms with E-state index in [0.717, 1.165) is 12.5 Å². The highest BCUT2D eigenvalue weighted by molar-refractivity contribution is 5.23. The molecule has 0 radical (unpaired) electrons. The molecule has 0 spiro atoms. The van der Waals surface area contributed by atoms with Crippen molar-refractivity contribution in [2.45, 2.75) is 40.2 Å². The Balaban J connectivity index is 2.46. The van der Waals surface area contributed by atoms with Gasteiger partial charge in [-0.15, -0.1) is 0 Å². The first-order valence-corrected chi connectivity index (χ1v) is 5.93. The second-order valence-corrected chi connectivity index (χ2v) is 4.55. The highest BCUT2D eigenvalue weighted by atomic mass is 14.9. The minimum atomic E-state index is 0.458. The van der Waals surface area contributed by atoms with Crippen molar-refractivity contribution in [2.75, 3.05) is 6.54 Å². The maximum Gasteiger partial charge on any atom is 0.0291 e. The molecule has 0 amide bonds. The highest BCUT2D eigenvalue weighted by Crippen LogP contribution is 2.13. The molecule has 1 N–H and O–H groups in total. The van der Waals surface area contributed by atoms with Crippen LogP contribution in [0.25, 0.3) is 0 Å². The Hall–Kier alpha value is -0.820. The van der Waals surface area contributed by atoms with Crippen molar-refractivity contribution < 1.29 is 0 Å². The molecule has 84 valence electrons. The molecule has 0 aliphatic carbocycles. The summed E-state index contributed by atoms with van der Waals surface area (Å²) in [6, 6.07) is 9.24. The zero-order valence-corrected chi connectivity index (χ0v) is 10.4. The van der Waals surface area contributed by atoms with E-state index in [0.29, 0.717) is 6.04 Å². The summed E-state index contributed by atoms with van der Waals surface area (Å²) in [5.74, 6) is 0.762. The normalized spacial score (nSPS) is 14.9. The number of rotatable bonds is 5. The molecular weight excluding hydrogens is 182 g/mol. The zero-order chi connectivity index (χ0) is 11.3. The van der Waals surface area contributed by atoms with Gasteiger partial charge in [0.1, 0.15) is 0 Å². The fourth-order valence-corrected chi connectivity index (χ4v) is 1.50. The van der Waals surface area contributed by atoms with E-state index in [2.05, 4.69) is 57.3 Å². The Bertz CT molecular complexity index is 276. The Morgan fingerprint density at radius 2 is 1.73 bits per heavy atom. The smallest absolute Gasteiger partial charge is 0.0291 e. The van der Waals surface area contributed by atoms with Crippen molar-refractivity contribution in [3.8, 4) is 0 Å². The van der Waals surface area contributed by atoms with Crippen molar-refractivity contribution in [3.05, 3.63) is 35.4 Å². The molecule has 2 atom stereocenters. The van der Waals surface area contributed by atoms with Gasteiger partial charge >= 0.3 is 0 Å². The number of benzene rings is 1. The van der Waals surface area contributed by atoms with Crippen LogP contribution in [0.2, 0.25) is 0 Å². The minimum absolute atomic E-state index is 0.458. The predicted octanol–water partition coefficient (Wildman–Crippen LogP) is 3.69. The van der Waals surface area contributed by atoms with Gasteiger partial charge in [-0.25, -0.2) is 0 Å². The van der Waals surface area contributed by atoms with Gasteiger partial charge in [0.15, 0.2) is 0 Å². The second-order valence-electron chi connectivity index (χ2n) is 4.55. The minimum Gasteiger partial charge on any atom is -0.310 e. The largest absolute Gasteiger partial charge is 0.310 e. The van der Waals surface area contributed by atoms with E-state index in [1.807, 2.05) is 0 Å². The van der Waals surface area contributed by atoms with Gasteiger partial charge in [-0.05, 0) is 31.9 Å². The Morgan fingerprint density at radius 3 is 2.27 bits per heavy atom. The van der Waals surface area contributed by atoms with Gasteiger partial charge in [0, 0.05) is 6.04 Å². The zero-order valence-electron chi connectivity index (χ0n) is 10.4. The van der Waals surface area contributed by atoms with E-state index < -0.39 is 0 Å². The van der Waals surface area contributed by atoms with Crippen LogP contribution in [0.5, 0.6) is 0 Å². The maximum absolute atomic E-state index is 3.57. The van der Waals surface area contributed by atoms with Crippen LogP contribution in [0.3, 0.4) is 0 Å². The molecule has 1 heteroatoms. The number of nitrogens with one attached hydrogen (secondary N) is 1. The summed E-state index contributed by atoms with van der Waals surface area (Å²) < 4.78 is 0. The Morgan fingerprint density at radius 1 is 1.13 bits per heavy atom. The third-order valence-corrected chi connectivity index (χ3v) is 3.05. The van der Waals surface area contributed by atoms with Crippen LogP contribution in [0.4, 0.5) is 0 Å². The monoisotopic (exact) mass is 205 g/mol. The second kappa shape index (κ2) is 5.92. The molecule has 0 fully saturated rings. The van der Waals surface area contributed by atoms with Crippen LogP contribution < -0.4 is 5.32 Å². The molecule has 1 unspecified atom stereocenters. The number of hydrogen-bond donors (Lipinski definition) is 1. The molecular formula is C14H23N. The first kappa shape index (κ1) is 12.3. The first-order valence-electron chi connectivity index (χ1n) is 5.93. The van der Waals surface area contributed by atoms with Gasteiger partial charge in [0.05, 0.1) is 0 Å². The van der Waals surface area contributed by atoms with Crippen LogP contribution in [0.1, 0.15) is 44.4 Å². The van der Waals surface area contributed by atoms with Crippen LogP contribution in [0, 0.1) is 12.8 Å². The van der Waals surface area contributed by atoms with Crippen molar-refractivity contribution in [1.82, 2.24) is 5.32 Å². The van der Waals surface area contributed by atoms with Crippen LogP contribution in [0.15, 0.2) is 24.3 Å². The molecule has 0 saturated heterocycles. The lowest BCUT2D eigenvalue weighted by atomic mass is 10.0. The molecule has 1 nitrogen and oxygen atoms in total. The van der Waals surface area contributed by atoms with Crippen molar-refractivity contribution in [1.29, 1.82) is 0 Å². The van der Waals surface area contributed by atoms with E-state index in [4.69, 9.17) is 0 Å². The van der Waals surface area contributed by atoms with Gasteiger partial charge in [-0.1, -0.05) is 50.1 Å². The van der Waals surface area contributed by atoms with Crippen molar-refractivity contribution in [2.24, 2.45) is 5.92 Å². The molecule has 0 aliphatic rings. The standard InChI is InChI=1S/C14H23N/c1-5-11(2)10-15-13(4)14-8-6-12(3)7-9-14/h6-9,11,13,15H,5,10H2,1-4H3/t11?,13-/m0/s1. The van der Waals surface area contributed by atoms with Crippen molar-refractivity contribution >= 4 is 0 Å². The van der Waals surface area contributed by atoms with E-state index >= 15 is 0 Å². The van der Waals surface area contributed by atoms with E-state index in [1.54, 1.807) is 0 Å². The Kier molecular flexibility index (Phi) is 4.83. The molecule has 1 aromatic rings. The van der Waals surface area contributed by atoms with E-state index in [9.17, 15) is 0 Å². The van der Waals surface area contributed by atoms with E-state index in [1.165, 1.54) is 17.5 Å². The summed E-state index contributed by atoms with van der Waals surface area (Å²) in [6.45, 7) is 9.98. The predicted molar refractivity (Wildman–Crippen MR) is 67.1 cm³/mol. The lowest BCUT2D eigenvalue weighted by Crippen LogP contribution is -2.24. The summed E-state index contributed by atoms with van der Waals surface area (Å²) in [4.78, 5) is 0. The molecule has 0 saturated carbocycles. The van der Waals surface area contributed by atoms with Crippen molar-refractivity contribution in [3.63, 3.8) is 0 Å². The van der Waals surface area contributed by atoms with E-state index in [-0.39, 0.29) is 0 Å². The van der Waals surface area contributed by atoms with Gasteiger partial charge in [-0.3, -0.25) is 0 Å². The fraction of sp³-hybridized carbons (Fsp3) is 0.571. The molecule has 0 heterocycles. The molecule has 1 rings (SSSR count). The lowest BCUT2D eigenvalue weighted by molar-refractivity contribution is 0.461. The quantitative estimate of drug-likeness (QED) is 0.773. The number of aryl methyl sites for hydroxylation is 1. The third-order valence-electron chi connectivity index (χ3n) is 3.05. The third kappa shape index (κ3) is 4.05. The SMILES string of the molecule is CCC(C)CN[C@@H](C)c1ccc(C)cc1. The molecule has 0 aromatic heterocycles. The van der Waals surface area contributed by atoms with Gasteiger partial charge in [-0.2, -0.15) is 0 Å².